The van der Waals surface area contributed by atoms with E-state index in [1.807, 2.05) is 31.3 Å². The summed E-state index contributed by atoms with van der Waals surface area (Å²) in [6.45, 7) is 0.937. The summed E-state index contributed by atoms with van der Waals surface area (Å²) in [5.74, 6) is 0.940. The average molecular weight is 248 g/mol. The summed E-state index contributed by atoms with van der Waals surface area (Å²) >= 11 is 0. The summed E-state index contributed by atoms with van der Waals surface area (Å²) in [4.78, 5) is 14.0. The first-order valence-electron chi connectivity index (χ1n) is 6.37. The molecule has 1 aliphatic heterocycles. The molecule has 1 heterocycles. The summed E-state index contributed by atoms with van der Waals surface area (Å²) in [7, 11) is 3.45. The van der Waals surface area contributed by atoms with Crippen molar-refractivity contribution in [2.24, 2.45) is 0 Å². The number of piperidine rings is 1. The number of hydrogen-bond donors (Lipinski definition) is 1. The molecule has 18 heavy (non-hydrogen) atoms. The first kappa shape index (κ1) is 12.9. The van der Waals surface area contributed by atoms with Crippen LogP contribution in [0, 0.1) is 0 Å². The number of likely N-dealkylation sites (N-methyl/N-ethyl adjacent to an activating group) is 1. The van der Waals surface area contributed by atoms with Crippen LogP contribution < -0.4 is 15.0 Å². The van der Waals surface area contributed by atoms with Gasteiger partial charge in [0.2, 0.25) is 5.91 Å². The van der Waals surface area contributed by atoms with Crippen LogP contribution in [-0.4, -0.2) is 32.7 Å². The zero-order chi connectivity index (χ0) is 13.0. The zero-order valence-electron chi connectivity index (χ0n) is 11.0. The van der Waals surface area contributed by atoms with Gasteiger partial charge in [-0.2, -0.15) is 0 Å². The second-order valence-corrected chi connectivity index (χ2v) is 4.60. The van der Waals surface area contributed by atoms with E-state index in [4.69, 9.17) is 4.74 Å². The van der Waals surface area contributed by atoms with Crippen LogP contribution in [0.1, 0.15) is 19.3 Å². The molecular formula is C14H20N2O2. The first-order chi connectivity index (χ1) is 8.72. The Labute approximate surface area is 108 Å². The summed E-state index contributed by atoms with van der Waals surface area (Å²) in [6, 6.07) is 7.51. The normalized spacial score (nSPS) is 19.3. The number of carbonyl (C=O) groups is 1. The fourth-order valence-electron chi connectivity index (χ4n) is 2.23. The highest BCUT2D eigenvalue weighted by atomic mass is 16.5. The number of amides is 1. The number of rotatable bonds is 3. The molecule has 0 aromatic heterocycles. The van der Waals surface area contributed by atoms with Crippen molar-refractivity contribution in [2.75, 3.05) is 25.6 Å². The van der Waals surface area contributed by atoms with Gasteiger partial charge < -0.3 is 15.0 Å². The van der Waals surface area contributed by atoms with E-state index >= 15 is 0 Å². The molecular weight excluding hydrogens is 228 g/mol. The highest BCUT2D eigenvalue weighted by molar-refractivity contribution is 5.96. The van der Waals surface area contributed by atoms with Crippen LogP contribution in [-0.2, 0) is 4.79 Å². The quantitative estimate of drug-likeness (QED) is 0.887. The zero-order valence-corrected chi connectivity index (χ0v) is 11.0. The molecule has 1 amide bonds. The van der Waals surface area contributed by atoms with Gasteiger partial charge in [-0.05, 0) is 43.7 Å². The fraction of sp³-hybridized carbons (Fsp3) is 0.500. The Morgan fingerprint density at radius 1 is 1.33 bits per heavy atom. The van der Waals surface area contributed by atoms with E-state index in [1.165, 1.54) is 0 Å². The fourth-order valence-corrected chi connectivity index (χ4v) is 2.23. The average Bonchev–Trinajstić information content (AvgIpc) is 2.47. The van der Waals surface area contributed by atoms with E-state index < -0.39 is 0 Å². The van der Waals surface area contributed by atoms with Gasteiger partial charge in [-0.25, -0.2) is 0 Å². The Hall–Kier alpha value is -1.55. The van der Waals surface area contributed by atoms with Gasteiger partial charge in [-0.1, -0.05) is 6.42 Å². The Balaban J connectivity index is 2.04. The second-order valence-electron chi connectivity index (χ2n) is 4.60. The number of carbonyl (C=O) groups excluding carboxylic acids is 1. The molecule has 1 atom stereocenters. The number of anilines is 1. The molecule has 0 saturated carbocycles. The SMILES string of the molecule is COc1ccc(N(C)C(=O)[C@H]2CCCCN2)cc1. The van der Waals surface area contributed by atoms with Crippen molar-refractivity contribution in [1.29, 1.82) is 0 Å². The summed E-state index contributed by atoms with van der Waals surface area (Å²) in [5, 5.41) is 3.28. The summed E-state index contributed by atoms with van der Waals surface area (Å²) < 4.78 is 5.11. The monoisotopic (exact) mass is 248 g/mol. The van der Waals surface area contributed by atoms with Gasteiger partial charge in [0.1, 0.15) is 5.75 Å². The molecule has 0 spiro atoms. The Morgan fingerprint density at radius 2 is 2.06 bits per heavy atom. The molecule has 1 fully saturated rings. The second kappa shape index (κ2) is 5.87. The molecule has 1 aromatic rings. The predicted molar refractivity (Wildman–Crippen MR) is 72.0 cm³/mol. The van der Waals surface area contributed by atoms with Crippen LogP contribution in [0.3, 0.4) is 0 Å². The van der Waals surface area contributed by atoms with E-state index in [9.17, 15) is 4.79 Å². The van der Waals surface area contributed by atoms with Crippen molar-refractivity contribution in [3.8, 4) is 5.75 Å². The Bertz CT molecular complexity index is 397. The molecule has 1 N–H and O–H groups in total. The minimum atomic E-state index is -0.0362. The third-order valence-corrected chi connectivity index (χ3v) is 3.40. The number of benzene rings is 1. The summed E-state index contributed by atoms with van der Waals surface area (Å²) in [6.07, 6.45) is 3.22. The van der Waals surface area contributed by atoms with Gasteiger partial charge in [0.05, 0.1) is 13.2 Å². The minimum Gasteiger partial charge on any atom is -0.497 e. The van der Waals surface area contributed by atoms with Gasteiger partial charge in [0.25, 0.3) is 0 Å². The molecule has 0 bridgehead atoms. The van der Waals surface area contributed by atoms with Gasteiger partial charge >= 0.3 is 0 Å². The highest BCUT2D eigenvalue weighted by Crippen LogP contribution is 2.20. The third kappa shape index (κ3) is 2.82. The highest BCUT2D eigenvalue weighted by Gasteiger charge is 2.24. The molecule has 0 radical (unpaired) electrons. The lowest BCUT2D eigenvalue weighted by molar-refractivity contribution is -0.120. The lowest BCUT2D eigenvalue weighted by Crippen LogP contribution is -2.47. The van der Waals surface area contributed by atoms with Crippen molar-refractivity contribution in [3.05, 3.63) is 24.3 Å². The van der Waals surface area contributed by atoms with Crippen LogP contribution in [0.5, 0.6) is 5.75 Å². The third-order valence-electron chi connectivity index (χ3n) is 3.40. The topological polar surface area (TPSA) is 41.6 Å². The Morgan fingerprint density at radius 3 is 2.61 bits per heavy atom. The van der Waals surface area contributed by atoms with E-state index in [0.717, 1.165) is 37.2 Å². The number of hydrogen-bond acceptors (Lipinski definition) is 3. The Kier molecular flexibility index (Phi) is 4.20. The number of ether oxygens (including phenoxy) is 1. The minimum absolute atomic E-state index is 0.0362. The molecule has 4 heteroatoms. The predicted octanol–water partition coefficient (Wildman–Crippen LogP) is 1.80. The molecule has 0 unspecified atom stereocenters. The smallest absolute Gasteiger partial charge is 0.243 e. The maximum atomic E-state index is 12.3. The van der Waals surface area contributed by atoms with Crippen molar-refractivity contribution in [2.45, 2.75) is 25.3 Å². The lowest BCUT2D eigenvalue weighted by Gasteiger charge is -2.27. The van der Waals surface area contributed by atoms with Crippen LogP contribution in [0.15, 0.2) is 24.3 Å². The van der Waals surface area contributed by atoms with Crippen LogP contribution in [0.4, 0.5) is 5.69 Å². The van der Waals surface area contributed by atoms with Crippen molar-refractivity contribution in [1.82, 2.24) is 5.32 Å². The lowest BCUT2D eigenvalue weighted by atomic mass is 10.0. The summed E-state index contributed by atoms with van der Waals surface area (Å²) in [5.41, 5.74) is 0.896. The van der Waals surface area contributed by atoms with E-state index in [2.05, 4.69) is 5.32 Å². The first-order valence-corrected chi connectivity index (χ1v) is 6.37. The molecule has 2 rings (SSSR count). The standard InChI is InChI=1S/C14H20N2O2/c1-16(11-6-8-12(18-2)9-7-11)14(17)13-5-3-4-10-15-13/h6-9,13,15H,3-5,10H2,1-2H3/t13-/m1/s1. The van der Waals surface area contributed by atoms with Crippen LogP contribution in [0.25, 0.3) is 0 Å². The molecule has 0 aliphatic carbocycles. The molecule has 4 nitrogen and oxygen atoms in total. The van der Waals surface area contributed by atoms with Gasteiger partial charge in [-0.3, -0.25) is 4.79 Å². The molecule has 1 aromatic carbocycles. The largest absolute Gasteiger partial charge is 0.497 e. The maximum Gasteiger partial charge on any atom is 0.243 e. The van der Waals surface area contributed by atoms with Gasteiger partial charge in [0.15, 0.2) is 0 Å². The van der Waals surface area contributed by atoms with Crippen LogP contribution in [0.2, 0.25) is 0 Å². The maximum absolute atomic E-state index is 12.3. The van der Waals surface area contributed by atoms with E-state index in [0.29, 0.717) is 0 Å². The van der Waals surface area contributed by atoms with Gasteiger partial charge in [0, 0.05) is 12.7 Å². The van der Waals surface area contributed by atoms with E-state index in [-0.39, 0.29) is 11.9 Å². The molecule has 1 saturated heterocycles. The van der Waals surface area contributed by atoms with Crippen molar-refractivity contribution < 1.29 is 9.53 Å². The van der Waals surface area contributed by atoms with Crippen LogP contribution >= 0.6 is 0 Å². The van der Waals surface area contributed by atoms with Gasteiger partial charge in [-0.15, -0.1) is 0 Å². The number of nitrogens with zero attached hydrogens (tertiary/aromatic N) is 1. The molecule has 98 valence electrons. The van der Waals surface area contributed by atoms with Crippen molar-refractivity contribution in [3.63, 3.8) is 0 Å². The number of nitrogens with one attached hydrogen (secondary N) is 1. The molecule has 1 aliphatic rings. The van der Waals surface area contributed by atoms with Crippen molar-refractivity contribution >= 4 is 11.6 Å². The number of methoxy groups -OCH3 is 1. The van der Waals surface area contributed by atoms with E-state index in [1.54, 1.807) is 12.0 Å².